The lowest BCUT2D eigenvalue weighted by molar-refractivity contribution is -0.192. The van der Waals surface area contributed by atoms with Crippen LogP contribution in [0.5, 0.6) is 0 Å². The lowest BCUT2D eigenvalue weighted by Gasteiger charge is -2.33. The summed E-state index contributed by atoms with van der Waals surface area (Å²) in [4.78, 5) is 8.90. The van der Waals surface area contributed by atoms with E-state index in [2.05, 4.69) is 34.6 Å². The predicted octanol–water partition coefficient (Wildman–Crippen LogP) is 2.65. The molecule has 0 saturated carbocycles. The average Bonchev–Trinajstić information content (AvgIpc) is 2.02. The third kappa shape index (κ3) is 6.66. The molecule has 0 atom stereocenters. The van der Waals surface area contributed by atoms with E-state index in [9.17, 15) is 13.2 Å². The summed E-state index contributed by atoms with van der Waals surface area (Å²) in [5, 5.41) is 7.12. The van der Waals surface area contributed by atoms with E-state index >= 15 is 0 Å². The second kappa shape index (κ2) is 6.08. The van der Waals surface area contributed by atoms with Crippen molar-refractivity contribution in [2.24, 2.45) is 17.6 Å². The summed E-state index contributed by atoms with van der Waals surface area (Å²) >= 11 is 0. The van der Waals surface area contributed by atoms with Crippen LogP contribution >= 0.6 is 0 Å². The average molecular weight is 243 g/mol. The predicted molar refractivity (Wildman–Crippen MR) is 56.0 cm³/mol. The Morgan fingerprint density at radius 2 is 1.31 bits per heavy atom. The second-order valence-corrected chi connectivity index (χ2v) is 4.48. The number of carboxylic acids is 1. The summed E-state index contributed by atoms with van der Waals surface area (Å²) in [5.74, 6) is -1.62. The molecule has 0 unspecified atom stereocenters. The quantitative estimate of drug-likeness (QED) is 0.783. The molecule has 0 aliphatic rings. The second-order valence-electron chi connectivity index (χ2n) is 4.48. The smallest absolute Gasteiger partial charge is 0.475 e. The van der Waals surface area contributed by atoms with Crippen LogP contribution in [0.3, 0.4) is 0 Å². The summed E-state index contributed by atoms with van der Waals surface area (Å²) < 4.78 is 31.7. The summed E-state index contributed by atoms with van der Waals surface area (Å²) in [7, 11) is 0. The van der Waals surface area contributed by atoms with Crippen molar-refractivity contribution in [3.05, 3.63) is 0 Å². The molecule has 0 rings (SSSR count). The molecule has 0 heterocycles. The zero-order valence-corrected chi connectivity index (χ0v) is 10.2. The number of carbonyl (C=O) groups is 1. The standard InChI is InChI=1S/C8H19N.C2HF3O2/c1-6(2)8(5,9)7(3)4;3-2(4,5)1(6)7/h6-7H,9H2,1-5H3;(H,6,7). The van der Waals surface area contributed by atoms with Gasteiger partial charge in [0.15, 0.2) is 0 Å². The Bertz CT molecular complexity index is 213. The molecule has 6 heteroatoms. The molecule has 0 aromatic heterocycles. The van der Waals surface area contributed by atoms with Crippen LogP contribution in [-0.4, -0.2) is 22.8 Å². The van der Waals surface area contributed by atoms with Crippen molar-refractivity contribution in [1.29, 1.82) is 0 Å². The number of carboxylic acid groups (broad SMARTS) is 1. The largest absolute Gasteiger partial charge is 0.490 e. The van der Waals surface area contributed by atoms with Crippen molar-refractivity contribution in [3.8, 4) is 0 Å². The first-order valence-corrected chi connectivity index (χ1v) is 4.92. The number of alkyl halides is 3. The van der Waals surface area contributed by atoms with Crippen LogP contribution in [0.15, 0.2) is 0 Å². The van der Waals surface area contributed by atoms with Crippen LogP contribution in [-0.2, 0) is 4.79 Å². The van der Waals surface area contributed by atoms with Gasteiger partial charge in [-0.15, -0.1) is 0 Å². The number of nitrogens with two attached hydrogens (primary N) is 1. The fraction of sp³-hybridized carbons (Fsp3) is 0.900. The van der Waals surface area contributed by atoms with E-state index in [0.29, 0.717) is 11.8 Å². The highest BCUT2D eigenvalue weighted by Gasteiger charge is 2.38. The molecule has 0 aromatic rings. The van der Waals surface area contributed by atoms with Gasteiger partial charge in [0.2, 0.25) is 0 Å². The lowest BCUT2D eigenvalue weighted by atomic mass is 9.80. The van der Waals surface area contributed by atoms with E-state index in [-0.39, 0.29) is 5.54 Å². The maximum atomic E-state index is 10.6. The molecule has 98 valence electrons. The van der Waals surface area contributed by atoms with Crippen molar-refractivity contribution >= 4 is 5.97 Å². The Morgan fingerprint density at radius 1 is 1.12 bits per heavy atom. The van der Waals surface area contributed by atoms with E-state index in [1.165, 1.54) is 0 Å². The molecule has 0 amide bonds. The Labute approximate surface area is 93.8 Å². The molecule has 0 radical (unpaired) electrons. The topological polar surface area (TPSA) is 63.3 Å². The normalized spacial score (nSPS) is 12.4. The monoisotopic (exact) mass is 243 g/mol. The number of hydrogen-bond acceptors (Lipinski definition) is 2. The van der Waals surface area contributed by atoms with Gasteiger partial charge in [0.05, 0.1) is 0 Å². The van der Waals surface area contributed by atoms with Gasteiger partial charge in [-0.25, -0.2) is 4.79 Å². The van der Waals surface area contributed by atoms with Gasteiger partial charge < -0.3 is 10.8 Å². The van der Waals surface area contributed by atoms with Crippen molar-refractivity contribution in [2.75, 3.05) is 0 Å². The van der Waals surface area contributed by atoms with Crippen molar-refractivity contribution in [3.63, 3.8) is 0 Å². The molecule has 0 spiro atoms. The van der Waals surface area contributed by atoms with E-state index in [4.69, 9.17) is 15.6 Å². The molecule has 3 nitrogen and oxygen atoms in total. The summed E-state index contributed by atoms with van der Waals surface area (Å²) in [6.45, 7) is 10.8. The highest BCUT2D eigenvalue weighted by atomic mass is 19.4. The number of rotatable bonds is 2. The highest BCUT2D eigenvalue weighted by molar-refractivity contribution is 5.73. The van der Waals surface area contributed by atoms with Crippen molar-refractivity contribution in [1.82, 2.24) is 0 Å². The molecule has 0 saturated heterocycles. The molecule has 0 aliphatic carbocycles. The minimum Gasteiger partial charge on any atom is -0.475 e. The van der Waals surface area contributed by atoms with Gasteiger partial charge in [0, 0.05) is 5.54 Å². The Kier molecular flexibility index (Phi) is 6.69. The van der Waals surface area contributed by atoms with E-state index in [1.54, 1.807) is 0 Å². The van der Waals surface area contributed by atoms with Crippen molar-refractivity contribution < 1.29 is 23.1 Å². The fourth-order valence-electron chi connectivity index (χ4n) is 0.667. The van der Waals surface area contributed by atoms with Gasteiger partial charge in [0.1, 0.15) is 0 Å². The molecule has 3 N–H and O–H groups in total. The summed E-state index contributed by atoms with van der Waals surface area (Å²) in [5.41, 5.74) is 6.00. The highest BCUT2D eigenvalue weighted by Crippen LogP contribution is 2.21. The zero-order chi connectivity index (χ0) is 13.7. The fourth-order valence-corrected chi connectivity index (χ4v) is 0.667. The first-order chi connectivity index (χ1) is 6.83. The molecule has 16 heavy (non-hydrogen) atoms. The Hall–Kier alpha value is -0.780. The molecular formula is C10H20F3NO2. The van der Waals surface area contributed by atoms with Crippen LogP contribution in [0.4, 0.5) is 13.2 Å². The SMILES string of the molecule is CC(C)C(C)(N)C(C)C.O=C(O)C(F)(F)F. The first-order valence-electron chi connectivity index (χ1n) is 4.92. The zero-order valence-electron chi connectivity index (χ0n) is 10.2. The van der Waals surface area contributed by atoms with Gasteiger partial charge in [-0.3, -0.25) is 0 Å². The maximum Gasteiger partial charge on any atom is 0.490 e. The van der Waals surface area contributed by atoms with E-state index in [1.807, 2.05) is 0 Å². The van der Waals surface area contributed by atoms with Gasteiger partial charge in [-0.1, -0.05) is 27.7 Å². The number of aliphatic carboxylic acids is 1. The van der Waals surface area contributed by atoms with Crippen LogP contribution in [0.25, 0.3) is 0 Å². The van der Waals surface area contributed by atoms with Gasteiger partial charge in [-0.2, -0.15) is 13.2 Å². The molecule has 0 aromatic carbocycles. The molecule has 0 bridgehead atoms. The summed E-state index contributed by atoms with van der Waals surface area (Å²) in [6.07, 6.45) is -5.08. The third-order valence-electron chi connectivity index (χ3n) is 2.73. The Morgan fingerprint density at radius 3 is 1.31 bits per heavy atom. The van der Waals surface area contributed by atoms with Crippen LogP contribution in [0.2, 0.25) is 0 Å². The van der Waals surface area contributed by atoms with Crippen LogP contribution in [0.1, 0.15) is 34.6 Å². The van der Waals surface area contributed by atoms with E-state index < -0.39 is 12.1 Å². The molecule has 0 aliphatic heterocycles. The van der Waals surface area contributed by atoms with Crippen LogP contribution < -0.4 is 5.73 Å². The van der Waals surface area contributed by atoms with Gasteiger partial charge in [0.25, 0.3) is 0 Å². The maximum absolute atomic E-state index is 10.6. The van der Waals surface area contributed by atoms with Gasteiger partial charge in [-0.05, 0) is 18.8 Å². The third-order valence-corrected chi connectivity index (χ3v) is 2.73. The number of halogens is 3. The summed E-state index contributed by atoms with van der Waals surface area (Å²) in [6, 6.07) is 0. The van der Waals surface area contributed by atoms with Crippen molar-refractivity contribution in [2.45, 2.75) is 46.3 Å². The van der Waals surface area contributed by atoms with E-state index in [0.717, 1.165) is 0 Å². The molecule has 0 fully saturated rings. The minimum atomic E-state index is -5.08. The molecular weight excluding hydrogens is 223 g/mol. The lowest BCUT2D eigenvalue weighted by Crippen LogP contribution is -2.46. The Balaban J connectivity index is 0. The van der Waals surface area contributed by atoms with Crippen LogP contribution in [0, 0.1) is 11.8 Å². The first kappa shape index (κ1) is 17.6. The van der Waals surface area contributed by atoms with Gasteiger partial charge >= 0.3 is 12.1 Å². The minimum absolute atomic E-state index is 0.000000000000000222. The number of hydrogen-bond donors (Lipinski definition) is 2.